The zero-order chi connectivity index (χ0) is 16.2. The maximum atomic E-state index is 12.1. The third-order valence-corrected chi connectivity index (χ3v) is 3.86. The van der Waals surface area contributed by atoms with Gasteiger partial charge in [-0.05, 0) is 23.3 Å². The van der Waals surface area contributed by atoms with Gasteiger partial charge >= 0.3 is 5.97 Å². The third kappa shape index (κ3) is 3.52. The molecule has 0 aliphatic carbocycles. The van der Waals surface area contributed by atoms with Gasteiger partial charge in [-0.25, -0.2) is 0 Å². The first-order valence-electron chi connectivity index (χ1n) is 7.43. The summed E-state index contributed by atoms with van der Waals surface area (Å²) in [5.41, 5.74) is 2.04. The first-order chi connectivity index (χ1) is 11.2. The minimum absolute atomic E-state index is 0.228. The van der Waals surface area contributed by atoms with Crippen LogP contribution in [-0.2, 0) is 20.8 Å². The molecule has 23 heavy (non-hydrogen) atoms. The van der Waals surface area contributed by atoms with Gasteiger partial charge in [0, 0.05) is 6.42 Å². The summed E-state index contributed by atoms with van der Waals surface area (Å²) in [6.07, 6.45) is 0.314. The van der Waals surface area contributed by atoms with Crippen molar-refractivity contribution in [3.05, 3.63) is 65.7 Å². The molecule has 5 heteroatoms. The number of hydrogen-bond donors (Lipinski definition) is 0. The van der Waals surface area contributed by atoms with Crippen LogP contribution in [0.2, 0.25) is 0 Å². The topological polar surface area (TPSA) is 51.1 Å². The minimum atomic E-state index is -0.463. The molecule has 1 saturated heterocycles. The van der Waals surface area contributed by atoms with Crippen LogP contribution < -0.4 is 4.74 Å². The smallest absolute Gasteiger partial charge is 0.325 e. The summed E-state index contributed by atoms with van der Waals surface area (Å²) >= 11 is 0. The van der Waals surface area contributed by atoms with Crippen molar-refractivity contribution >= 4 is 5.97 Å². The monoisotopic (exact) mass is 313 g/mol. The maximum absolute atomic E-state index is 12.1. The standard InChI is InChI=1S/C18H19NO4/c1-21-15-10-8-14(9-11-15)17-19(23-17)16(18(20)22-2)12-13-6-4-3-5-7-13/h3-11,16-17H,12H2,1-2H3/t16-,17+,19?/m0/s1. The molecule has 120 valence electrons. The van der Waals surface area contributed by atoms with Gasteiger partial charge in [-0.15, -0.1) is 5.06 Å². The van der Waals surface area contributed by atoms with Crippen molar-refractivity contribution in [1.82, 2.24) is 5.06 Å². The number of nitrogens with zero attached hydrogens (tertiary/aromatic N) is 1. The van der Waals surface area contributed by atoms with Crippen molar-refractivity contribution in [1.29, 1.82) is 0 Å². The van der Waals surface area contributed by atoms with Gasteiger partial charge in [-0.2, -0.15) is 0 Å². The van der Waals surface area contributed by atoms with Crippen LogP contribution >= 0.6 is 0 Å². The van der Waals surface area contributed by atoms with Crippen LogP contribution in [0.3, 0.4) is 0 Å². The molecule has 3 atom stereocenters. The van der Waals surface area contributed by atoms with Gasteiger partial charge in [0.15, 0.2) is 6.23 Å². The zero-order valence-corrected chi connectivity index (χ0v) is 13.1. The first kappa shape index (κ1) is 15.5. The average Bonchev–Trinajstić information content (AvgIpc) is 3.40. The van der Waals surface area contributed by atoms with E-state index in [1.54, 1.807) is 12.2 Å². The SMILES string of the molecule is COC(=O)[C@H](Cc1ccccc1)N1O[C@@H]1c1ccc(OC)cc1. The molecule has 0 radical (unpaired) electrons. The van der Waals surface area contributed by atoms with Crippen LogP contribution in [0.1, 0.15) is 17.4 Å². The van der Waals surface area contributed by atoms with E-state index in [0.29, 0.717) is 6.42 Å². The van der Waals surface area contributed by atoms with Gasteiger partial charge in [-0.1, -0.05) is 42.5 Å². The molecule has 5 nitrogen and oxygen atoms in total. The van der Waals surface area contributed by atoms with Gasteiger partial charge in [-0.3, -0.25) is 9.63 Å². The molecule has 2 aromatic carbocycles. The fraction of sp³-hybridized carbons (Fsp3) is 0.278. The number of hydrogen-bond acceptors (Lipinski definition) is 5. The Morgan fingerprint density at radius 2 is 1.83 bits per heavy atom. The fourth-order valence-corrected chi connectivity index (χ4v) is 2.55. The van der Waals surface area contributed by atoms with Crippen LogP contribution in [0.5, 0.6) is 5.75 Å². The van der Waals surface area contributed by atoms with Crippen molar-refractivity contribution in [3.63, 3.8) is 0 Å². The molecular weight excluding hydrogens is 294 g/mol. The van der Waals surface area contributed by atoms with Crippen molar-refractivity contribution in [2.45, 2.75) is 18.7 Å². The molecule has 1 unspecified atom stereocenters. The highest BCUT2D eigenvalue weighted by Gasteiger charge is 2.47. The fourth-order valence-electron chi connectivity index (χ4n) is 2.55. The second-order valence-electron chi connectivity index (χ2n) is 5.32. The van der Waals surface area contributed by atoms with Gasteiger partial charge in [0.1, 0.15) is 11.8 Å². The number of methoxy groups -OCH3 is 2. The van der Waals surface area contributed by atoms with Crippen molar-refractivity contribution in [2.24, 2.45) is 0 Å². The number of carbonyl (C=O) groups excluding carboxylic acids is 1. The normalized spacial score (nSPS) is 20.6. The summed E-state index contributed by atoms with van der Waals surface area (Å²) in [6.45, 7) is 0. The Kier molecular flexibility index (Phi) is 4.60. The lowest BCUT2D eigenvalue weighted by Gasteiger charge is -2.13. The van der Waals surface area contributed by atoms with Crippen molar-refractivity contribution in [3.8, 4) is 5.75 Å². The lowest BCUT2D eigenvalue weighted by atomic mass is 10.1. The second-order valence-corrected chi connectivity index (χ2v) is 5.32. The number of hydroxylamine groups is 2. The van der Waals surface area contributed by atoms with E-state index in [1.165, 1.54) is 7.11 Å². The summed E-state index contributed by atoms with van der Waals surface area (Å²) in [4.78, 5) is 17.7. The predicted molar refractivity (Wildman–Crippen MR) is 84.6 cm³/mol. The summed E-state index contributed by atoms with van der Waals surface area (Å²) in [6, 6.07) is 17.0. The number of carbonyl (C=O) groups is 1. The van der Waals surface area contributed by atoms with Crippen LogP contribution in [0.25, 0.3) is 0 Å². The number of esters is 1. The van der Waals surface area contributed by atoms with Crippen LogP contribution in [0, 0.1) is 0 Å². The summed E-state index contributed by atoms with van der Waals surface area (Å²) in [7, 11) is 3.02. The van der Waals surface area contributed by atoms with E-state index in [-0.39, 0.29) is 12.2 Å². The van der Waals surface area contributed by atoms with E-state index in [9.17, 15) is 4.79 Å². The van der Waals surface area contributed by atoms with Crippen molar-refractivity contribution in [2.75, 3.05) is 14.2 Å². The lowest BCUT2D eigenvalue weighted by molar-refractivity contribution is -0.147. The Hall–Kier alpha value is -2.37. The van der Waals surface area contributed by atoms with Gasteiger partial charge < -0.3 is 9.47 Å². The molecule has 1 fully saturated rings. The van der Waals surface area contributed by atoms with Gasteiger partial charge in [0.2, 0.25) is 0 Å². The Labute approximate surface area is 135 Å². The molecule has 1 heterocycles. The van der Waals surface area contributed by atoms with E-state index >= 15 is 0 Å². The molecule has 0 aromatic heterocycles. The molecule has 0 N–H and O–H groups in total. The minimum Gasteiger partial charge on any atom is -0.497 e. The Morgan fingerprint density at radius 1 is 1.13 bits per heavy atom. The van der Waals surface area contributed by atoms with Gasteiger partial charge in [0.25, 0.3) is 0 Å². The third-order valence-electron chi connectivity index (χ3n) is 3.86. The largest absolute Gasteiger partial charge is 0.497 e. The molecule has 3 rings (SSSR count). The quantitative estimate of drug-likeness (QED) is 0.606. The highest BCUT2D eigenvalue weighted by Crippen LogP contribution is 2.40. The highest BCUT2D eigenvalue weighted by atomic mass is 16.8. The Bertz CT molecular complexity index is 656. The number of benzene rings is 2. The molecule has 0 bridgehead atoms. The highest BCUT2D eigenvalue weighted by molar-refractivity contribution is 5.76. The Balaban J connectivity index is 1.72. The molecule has 2 aromatic rings. The lowest BCUT2D eigenvalue weighted by Crippen LogP contribution is -2.32. The van der Waals surface area contributed by atoms with Crippen LogP contribution in [0.4, 0.5) is 0 Å². The predicted octanol–water partition coefficient (Wildman–Crippen LogP) is 2.73. The van der Waals surface area contributed by atoms with E-state index in [4.69, 9.17) is 14.3 Å². The Morgan fingerprint density at radius 3 is 2.43 bits per heavy atom. The first-order valence-corrected chi connectivity index (χ1v) is 7.43. The number of rotatable bonds is 6. The van der Waals surface area contributed by atoms with Crippen LogP contribution in [0.15, 0.2) is 54.6 Å². The van der Waals surface area contributed by atoms with E-state index in [1.807, 2.05) is 54.6 Å². The summed E-state index contributed by atoms with van der Waals surface area (Å²) in [5, 5.41) is 1.68. The molecule has 1 aliphatic rings. The second kappa shape index (κ2) is 6.81. The van der Waals surface area contributed by atoms with Gasteiger partial charge in [0.05, 0.1) is 14.2 Å². The zero-order valence-electron chi connectivity index (χ0n) is 13.1. The number of ether oxygens (including phenoxy) is 2. The maximum Gasteiger partial charge on any atom is 0.325 e. The summed E-state index contributed by atoms with van der Waals surface area (Å²) in [5.74, 6) is 0.486. The summed E-state index contributed by atoms with van der Waals surface area (Å²) < 4.78 is 10.1. The average molecular weight is 313 g/mol. The van der Waals surface area contributed by atoms with Crippen LogP contribution in [-0.4, -0.2) is 31.3 Å². The van der Waals surface area contributed by atoms with E-state index in [0.717, 1.165) is 16.9 Å². The van der Waals surface area contributed by atoms with Crippen molar-refractivity contribution < 1.29 is 19.1 Å². The molecule has 0 spiro atoms. The van der Waals surface area contributed by atoms with E-state index in [2.05, 4.69) is 0 Å². The molecule has 0 saturated carbocycles. The molecule has 0 amide bonds. The molecule has 1 aliphatic heterocycles. The van der Waals surface area contributed by atoms with E-state index < -0.39 is 6.04 Å². The molecular formula is C18H19NO4.